The van der Waals surface area contributed by atoms with Gasteiger partial charge in [-0.3, -0.25) is 0 Å². The van der Waals surface area contributed by atoms with Crippen molar-refractivity contribution >= 4 is 15.9 Å². The highest BCUT2D eigenvalue weighted by Crippen LogP contribution is 2.26. The first-order valence-electron chi connectivity index (χ1n) is 4.57. The molecule has 0 aliphatic heterocycles. The van der Waals surface area contributed by atoms with Gasteiger partial charge in [-0.05, 0) is 17.7 Å². The van der Waals surface area contributed by atoms with Crippen molar-refractivity contribution in [2.24, 2.45) is 0 Å². The Hall–Kier alpha value is -0.850. The third kappa shape index (κ3) is 4.49. The Kier molecular flexibility index (Phi) is 4.73. The average molecular weight is 319 g/mol. The van der Waals surface area contributed by atoms with Crippen molar-refractivity contribution in [3.63, 3.8) is 0 Å². The molecule has 0 aliphatic rings. The summed E-state index contributed by atoms with van der Waals surface area (Å²) in [4.78, 5) is 0. The van der Waals surface area contributed by atoms with Gasteiger partial charge < -0.3 is 4.74 Å². The van der Waals surface area contributed by atoms with Crippen molar-refractivity contribution in [1.82, 2.24) is 0 Å². The summed E-state index contributed by atoms with van der Waals surface area (Å²) in [5, 5.41) is 0.240. The van der Waals surface area contributed by atoms with Gasteiger partial charge in [0.25, 0.3) is 0 Å². The van der Waals surface area contributed by atoms with Crippen LogP contribution in [-0.2, 0) is 5.33 Å². The van der Waals surface area contributed by atoms with Crippen molar-refractivity contribution < 1.29 is 26.7 Å². The van der Waals surface area contributed by atoms with Gasteiger partial charge in [-0.15, -0.1) is 0 Å². The van der Waals surface area contributed by atoms with E-state index in [1.54, 1.807) is 0 Å². The number of hydrogen-bond acceptors (Lipinski definition) is 1. The quantitative estimate of drug-likeness (QED) is 0.597. The van der Waals surface area contributed by atoms with Crippen LogP contribution in [0.15, 0.2) is 12.1 Å². The molecule has 0 heterocycles. The molecule has 0 N–H and O–H groups in total. The zero-order chi connectivity index (χ0) is 13.1. The van der Waals surface area contributed by atoms with E-state index in [9.17, 15) is 22.0 Å². The Labute approximate surface area is 103 Å². The van der Waals surface area contributed by atoms with Gasteiger partial charge in [0.15, 0.2) is 17.4 Å². The molecule has 0 aliphatic carbocycles. The summed E-state index contributed by atoms with van der Waals surface area (Å²) in [5.74, 6) is -2.80. The lowest BCUT2D eigenvalue weighted by Crippen LogP contribution is -2.14. The van der Waals surface area contributed by atoms with Crippen molar-refractivity contribution in [2.45, 2.75) is 17.9 Å². The number of halogens is 6. The maximum Gasteiger partial charge on any atom is 0.392 e. The van der Waals surface area contributed by atoms with Crippen LogP contribution in [0.5, 0.6) is 5.75 Å². The molecule has 0 unspecified atom stereocenters. The van der Waals surface area contributed by atoms with Gasteiger partial charge in [0.2, 0.25) is 0 Å². The molecule has 0 spiro atoms. The molecule has 0 saturated carbocycles. The van der Waals surface area contributed by atoms with Crippen LogP contribution in [0.2, 0.25) is 0 Å². The molecule has 0 saturated heterocycles. The Bertz CT molecular complexity index is 368. The lowest BCUT2D eigenvalue weighted by molar-refractivity contribution is -0.139. The fraction of sp³-hybridized carbons (Fsp3) is 0.400. The zero-order valence-corrected chi connectivity index (χ0v) is 10.0. The van der Waals surface area contributed by atoms with E-state index in [1.165, 1.54) is 0 Å². The fourth-order valence-corrected chi connectivity index (χ4v) is 1.42. The molecule has 0 aromatic heterocycles. The first-order valence-corrected chi connectivity index (χ1v) is 5.69. The molecule has 1 aromatic carbocycles. The Balaban J connectivity index is 2.72. The molecule has 0 fully saturated rings. The maximum atomic E-state index is 13.3. The van der Waals surface area contributed by atoms with Crippen molar-refractivity contribution in [3.05, 3.63) is 29.3 Å². The topological polar surface area (TPSA) is 9.23 Å². The molecule has 17 heavy (non-hydrogen) atoms. The molecular weight excluding hydrogens is 311 g/mol. The van der Waals surface area contributed by atoms with E-state index in [-0.39, 0.29) is 5.33 Å². The van der Waals surface area contributed by atoms with E-state index < -0.39 is 36.6 Å². The summed E-state index contributed by atoms with van der Waals surface area (Å²) < 4.78 is 66.4. The fourth-order valence-electron chi connectivity index (χ4n) is 1.10. The van der Waals surface area contributed by atoms with Gasteiger partial charge >= 0.3 is 6.18 Å². The second-order valence-corrected chi connectivity index (χ2v) is 3.80. The van der Waals surface area contributed by atoms with Gasteiger partial charge in [0.1, 0.15) is 0 Å². The van der Waals surface area contributed by atoms with E-state index in [1.807, 2.05) is 0 Å². The summed E-state index contributed by atoms with van der Waals surface area (Å²) in [6.07, 6.45) is -5.67. The van der Waals surface area contributed by atoms with Crippen LogP contribution in [0, 0.1) is 11.6 Å². The number of benzene rings is 1. The summed E-state index contributed by atoms with van der Waals surface area (Å²) in [6, 6.07) is 2.00. The summed E-state index contributed by atoms with van der Waals surface area (Å²) >= 11 is 3.01. The van der Waals surface area contributed by atoms with E-state index in [2.05, 4.69) is 20.7 Å². The van der Waals surface area contributed by atoms with Gasteiger partial charge in [-0.1, -0.05) is 15.9 Å². The molecule has 1 nitrogen and oxygen atoms in total. The van der Waals surface area contributed by atoms with Gasteiger partial charge in [0, 0.05) is 5.33 Å². The van der Waals surface area contributed by atoms with E-state index in [0.29, 0.717) is 5.56 Å². The predicted octanol–water partition coefficient (Wildman–Crippen LogP) is 4.19. The standard InChI is InChI=1S/C10H8BrF5O/c11-5-6-3-7(12)9(8(13)4-6)17-2-1-10(14,15)16/h3-4H,1-2,5H2. The molecule has 96 valence electrons. The Morgan fingerprint density at radius 3 is 2.06 bits per heavy atom. The Morgan fingerprint density at radius 2 is 1.65 bits per heavy atom. The highest BCUT2D eigenvalue weighted by atomic mass is 79.9. The molecular formula is C10H8BrF5O. The molecule has 1 rings (SSSR count). The minimum Gasteiger partial charge on any atom is -0.487 e. The largest absolute Gasteiger partial charge is 0.487 e. The molecule has 1 aromatic rings. The molecule has 0 atom stereocenters. The number of hydrogen-bond donors (Lipinski definition) is 0. The monoisotopic (exact) mass is 318 g/mol. The molecule has 0 amide bonds. The second-order valence-electron chi connectivity index (χ2n) is 3.24. The molecule has 0 radical (unpaired) electrons. The highest BCUT2D eigenvalue weighted by Gasteiger charge is 2.27. The number of alkyl halides is 4. The van der Waals surface area contributed by atoms with Crippen LogP contribution in [0.3, 0.4) is 0 Å². The zero-order valence-electron chi connectivity index (χ0n) is 8.45. The minimum absolute atomic E-state index is 0.240. The van der Waals surface area contributed by atoms with E-state index >= 15 is 0 Å². The average Bonchev–Trinajstić information content (AvgIpc) is 2.20. The van der Waals surface area contributed by atoms with E-state index in [4.69, 9.17) is 0 Å². The summed E-state index contributed by atoms with van der Waals surface area (Å²) in [5.41, 5.74) is 0.336. The first-order chi connectivity index (χ1) is 7.83. The SMILES string of the molecule is Fc1cc(CBr)cc(F)c1OCCC(F)(F)F. The van der Waals surface area contributed by atoms with Crippen molar-refractivity contribution in [3.8, 4) is 5.75 Å². The van der Waals surface area contributed by atoms with Crippen molar-refractivity contribution in [2.75, 3.05) is 6.61 Å². The van der Waals surface area contributed by atoms with Crippen molar-refractivity contribution in [1.29, 1.82) is 0 Å². The van der Waals surface area contributed by atoms with Gasteiger partial charge in [0.05, 0.1) is 13.0 Å². The van der Waals surface area contributed by atoms with Gasteiger partial charge in [-0.2, -0.15) is 13.2 Å². The lowest BCUT2D eigenvalue weighted by Gasteiger charge is -2.10. The Morgan fingerprint density at radius 1 is 1.12 bits per heavy atom. The third-order valence-electron chi connectivity index (χ3n) is 1.84. The summed E-state index contributed by atoms with van der Waals surface area (Å²) in [7, 11) is 0. The smallest absolute Gasteiger partial charge is 0.392 e. The van der Waals surface area contributed by atoms with Crippen LogP contribution in [0.1, 0.15) is 12.0 Å². The molecule has 7 heteroatoms. The first kappa shape index (κ1) is 14.2. The lowest BCUT2D eigenvalue weighted by atomic mass is 10.2. The normalized spacial score (nSPS) is 11.6. The van der Waals surface area contributed by atoms with Gasteiger partial charge in [-0.25, -0.2) is 8.78 Å². The summed E-state index contributed by atoms with van der Waals surface area (Å²) in [6.45, 7) is -0.814. The number of rotatable bonds is 4. The van der Waals surface area contributed by atoms with E-state index in [0.717, 1.165) is 12.1 Å². The molecule has 0 bridgehead atoms. The van der Waals surface area contributed by atoms with Crippen LogP contribution in [-0.4, -0.2) is 12.8 Å². The second kappa shape index (κ2) is 5.66. The van der Waals surface area contributed by atoms with Crippen LogP contribution < -0.4 is 4.74 Å². The third-order valence-corrected chi connectivity index (χ3v) is 2.49. The number of ether oxygens (including phenoxy) is 1. The van der Waals surface area contributed by atoms with Crippen LogP contribution in [0.25, 0.3) is 0 Å². The highest BCUT2D eigenvalue weighted by molar-refractivity contribution is 9.08. The van der Waals surface area contributed by atoms with Crippen LogP contribution >= 0.6 is 15.9 Å². The maximum absolute atomic E-state index is 13.3. The van der Waals surface area contributed by atoms with Crippen LogP contribution in [0.4, 0.5) is 22.0 Å². The minimum atomic E-state index is -4.41. The predicted molar refractivity (Wildman–Crippen MR) is 55.2 cm³/mol.